The van der Waals surface area contributed by atoms with Gasteiger partial charge in [-0.3, -0.25) is 24.5 Å². The summed E-state index contributed by atoms with van der Waals surface area (Å²) in [7, 11) is 0. The Labute approximate surface area is 202 Å². The zero-order chi connectivity index (χ0) is 24.8. The number of rotatable bonds is 8. The van der Waals surface area contributed by atoms with Gasteiger partial charge in [0, 0.05) is 36.8 Å². The molecule has 0 spiro atoms. The normalized spacial score (nSPS) is 14.6. The smallest absolute Gasteiger partial charge is 0.288 e. The molecule has 180 valence electrons. The van der Waals surface area contributed by atoms with Crippen molar-refractivity contribution in [2.75, 3.05) is 11.9 Å². The summed E-state index contributed by atoms with van der Waals surface area (Å²) in [5.74, 6) is -1.16. The number of nitrogens with one attached hydrogen (secondary N) is 2. The van der Waals surface area contributed by atoms with Crippen LogP contribution < -0.4 is 10.6 Å². The Hall–Kier alpha value is -3.46. The highest BCUT2D eigenvalue weighted by Gasteiger charge is 2.26. The number of carbonyl (C=O) groups is 3. The zero-order valence-corrected chi connectivity index (χ0v) is 19.8. The first-order chi connectivity index (χ1) is 16.2. The summed E-state index contributed by atoms with van der Waals surface area (Å²) in [5.41, 5.74) is 1.09. The Morgan fingerprint density at radius 3 is 2.62 bits per heavy atom. The van der Waals surface area contributed by atoms with Crippen molar-refractivity contribution in [3.63, 3.8) is 0 Å². The van der Waals surface area contributed by atoms with Gasteiger partial charge in [-0.2, -0.15) is 0 Å². The third-order valence-corrected chi connectivity index (χ3v) is 5.95. The molecule has 1 fully saturated rings. The number of piperidine rings is 1. The van der Waals surface area contributed by atoms with E-state index in [9.17, 15) is 24.5 Å². The number of benzene rings is 2. The second kappa shape index (κ2) is 11.1. The second-order valence-corrected chi connectivity index (χ2v) is 8.99. The van der Waals surface area contributed by atoms with Crippen LogP contribution in [0.5, 0.6) is 0 Å². The molecule has 1 atom stereocenters. The van der Waals surface area contributed by atoms with Crippen LogP contribution in [0.4, 0.5) is 11.4 Å². The zero-order valence-electron chi connectivity index (χ0n) is 19.0. The highest BCUT2D eigenvalue weighted by molar-refractivity contribution is 6.32. The topological polar surface area (TPSA) is 122 Å². The van der Waals surface area contributed by atoms with Crippen LogP contribution in [0.25, 0.3) is 0 Å². The number of amides is 3. The number of hydrogen-bond acceptors (Lipinski definition) is 5. The van der Waals surface area contributed by atoms with Gasteiger partial charge in [-0.1, -0.05) is 37.6 Å². The molecular formula is C24H27ClN4O5. The fraction of sp³-hybridized carbons (Fsp3) is 0.375. The molecule has 1 heterocycles. The molecule has 0 aromatic heterocycles. The maximum atomic E-state index is 13.0. The van der Waals surface area contributed by atoms with Crippen LogP contribution in [0.1, 0.15) is 49.0 Å². The predicted molar refractivity (Wildman–Crippen MR) is 129 cm³/mol. The van der Waals surface area contributed by atoms with E-state index in [4.69, 9.17) is 11.6 Å². The number of nitro groups is 1. The van der Waals surface area contributed by atoms with Gasteiger partial charge in [0.1, 0.15) is 11.1 Å². The van der Waals surface area contributed by atoms with E-state index >= 15 is 0 Å². The Bertz CT molecular complexity index is 1100. The van der Waals surface area contributed by atoms with Crippen LogP contribution in [0.15, 0.2) is 42.5 Å². The van der Waals surface area contributed by atoms with Gasteiger partial charge in [0.25, 0.3) is 11.6 Å². The van der Waals surface area contributed by atoms with E-state index in [-0.39, 0.29) is 28.1 Å². The fourth-order valence-electron chi connectivity index (χ4n) is 3.77. The molecule has 1 aliphatic heterocycles. The number of hydrogen-bond donors (Lipinski definition) is 2. The van der Waals surface area contributed by atoms with Crippen LogP contribution >= 0.6 is 11.6 Å². The van der Waals surface area contributed by atoms with E-state index < -0.39 is 22.8 Å². The van der Waals surface area contributed by atoms with Crippen LogP contribution in [0, 0.1) is 16.0 Å². The molecule has 1 saturated heterocycles. The Kier molecular flexibility index (Phi) is 8.22. The molecule has 34 heavy (non-hydrogen) atoms. The van der Waals surface area contributed by atoms with Gasteiger partial charge < -0.3 is 15.5 Å². The molecule has 3 rings (SSSR count). The SMILES string of the molecule is CC(C)C(NC(=O)c1ccc(Cl)c([N+](=O)[O-])c1)C(=O)Nc1cccc(CN2CCCCC2=O)c1. The van der Waals surface area contributed by atoms with Gasteiger partial charge in [-0.05, 0) is 48.6 Å². The van der Waals surface area contributed by atoms with Crippen LogP contribution in [-0.2, 0) is 16.1 Å². The molecule has 1 aliphatic rings. The van der Waals surface area contributed by atoms with Gasteiger partial charge in [-0.25, -0.2) is 0 Å². The molecule has 3 amide bonds. The molecule has 0 saturated carbocycles. The molecular weight excluding hydrogens is 460 g/mol. The van der Waals surface area contributed by atoms with Gasteiger partial charge in [0.2, 0.25) is 11.8 Å². The monoisotopic (exact) mass is 486 g/mol. The maximum Gasteiger partial charge on any atom is 0.288 e. The van der Waals surface area contributed by atoms with Gasteiger partial charge >= 0.3 is 0 Å². The van der Waals surface area contributed by atoms with E-state index in [1.54, 1.807) is 26.0 Å². The quantitative estimate of drug-likeness (QED) is 0.428. The third kappa shape index (κ3) is 6.32. The van der Waals surface area contributed by atoms with Crippen molar-refractivity contribution in [3.8, 4) is 0 Å². The standard InChI is InChI=1S/C24H27ClN4O5/c1-15(2)22(27-23(31)17-9-10-19(25)20(13-17)29(33)34)24(32)26-18-7-5-6-16(12-18)14-28-11-4-3-8-21(28)30/h5-7,9-10,12-13,15,22H,3-4,8,11,14H2,1-2H3,(H,26,32)(H,27,31). The first-order valence-corrected chi connectivity index (χ1v) is 11.5. The lowest BCUT2D eigenvalue weighted by molar-refractivity contribution is -0.384. The largest absolute Gasteiger partial charge is 0.340 e. The lowest BCUT2D eigenvalue weighted by Gasteiger charge is -2.27. The first-order valence-electron chi connectivity index (χ1n) is 11.1. The molecule has 2 aromatic rings. The molecule has 2 aromatic carbocycles. The first kappa shape index (κ1) is 25.2. The van der Waals surface area contributed by atoms with E-state index in [1.807, 2.05) is 17.0 Å². The van der Waals surface area contributed by atoms with Crippen molar-refractivity contribution in [2.24, 2.45) is 5.92 Å². The molecule has 9 nitrogen and oxygen atoms in total. The Morgan fingerprint density at radius 2 is 1.94 bits per heavy atom. The molecule has 1 unspecified atom stereocenters. The molecule has 0 radical (unpaired) electrons. The van der Waals surface area contributed by atoms with E-state index in [1.165, 1.54) is 12.1 Å². The molecule has 2 N–H and O–H groups in total. The number of halogens is 1. The van der Waals surface area contributed by atoms with Gasteiger partial charge in [-0.15, -0.1) is 0 Å². The summed E-state index contributed by atoms with van der Waals surface area (Å²) < 4.78 is 0. The van der Waals surface area contributed by atoms with E-state index in [0.29, 0.717) is 18.7 Å². The minimum absolute atomic E-state index is 0.0303. The fourth-order valence-corrected chi connectivity index (χ4v) is 3.96. The van der Waals surface area contributed by atoms with Crippen LogP contribution in [0.2, 0.25) is 5.02 Å². The van der Waals surface area contributed by atoms with Crippen molar-refractivity contribution in [1.82, 2.24) is 10.2 Å². The second-order valence-electron chi connectivity index (χ2n) is 8.58. The Balaban J connectivity index is 1.69. The summed E-state index contributed by atoms with van der Waals surface area (Å²) in [6.45, 7) is 4.77. The van der Waals surface area contributed by atoms with Crippen molar-refractivity contribution in [3.05, 3.63) is 68.7 Å². The number of likely N-dealkylation sites (tertiary alicyclic amines) is 1. The molecule has 0 aliphatic carbocycles. The number of nitro benzene ring substituents is 1. The predicted octanol–water partition coefficient (Wildman–Crippen LogP) is 4.15. The minimum Gasteiger partial charge on any atom is -0.340 e. The highest BCUT2D eigenvalue weighted by atomic mass is 35.5. The van der Waals surface area contributed by atoms with Crippen LogP contribution in [0.3, 0.4) is 0 Å². The number of carbonyl (C=O) groups excluding carboxylic acids is 3. The van der Waals surface area contributed by atoms with Crippen molar-refractivity contribution in [2.45, 2.75) is 45.7 Å². The van der Waals surface area contributed by atoms with Crippen molar-refractivity contribution in [1.29, 1.82) is 0 Å². The van der Waals surface area contributed by atoms with Gasteiger partial charge in [0.05, 0.1) is 4.92 Å². The van der Waals surface area contributed by atoms with Gasteiger partial charge in [0.15, 0.2) is 0 Å². The minimum atomic E-state index is -0.880. The van der Waals surface area contributed by atoms with Crippen LogP contribution in [-0.4, -0.2) is 40.1 Å². The van der Waals surface area contributed by atoms with E-state index in [2.05, 4.69) is 10.6 Å². The summed E-state index contributed by atoms with van der Waals surface area (Å²) in [4.78, 5) is 50.0. The van der Waals surface area contributed by atoms with E-state index in [0.717, 1.165) is 31.0 Å². The summed E-state index contributed by atoms with van der Waals surface area (Å²) >= 11 is 5.82. The number of nitrogens with zero attached hydrogens (tertiary/aromatic N) is 2. The lowest BCUT2D eigenvalue weighted by Crippen LogP contribution is -2.47. The summed E-state index contributed by atoms with van der Waals surface area (Å²) in [6, 6.07) is 10.1. The Morgan fingerprint density at radius 1 is 1.18 bits per heavy atom. The summed E-state index contributed by atoms with van der Waals surface area (Å²) in [6.07, 6.45) is 2.45. The number of anilines is 1. The molecule has 0 bridgehead atoms. The van der Waals surface area contributed by atoms with Crippen molar-refractivity contribution >= 4 is 40.7 Å². The van der Waals surface area contributed by atoms with Crippen molar-refractivity contribution < 1.29 is 19.3 Å². The lowest BCUT2D eigenvalue weighted by atomic mass is 10.0. The molecule has 10 heteroatoms. The summed E-state index contributed by atoms with van der Waals surface area (Å²) in [5, 5.41) is 16.5. The maximum absolute atomic E-state index is 13.0. The average Bonchev–Trinajstić information content (AvgIpc) is 2.79. The average molecular weight is 487 g/mol. The third-order valence-electron chi connectivity index (χ3n) is 5.63. The highest BCUT2D eigenvalue weighted by Crippen LogP contribution is 2.25.